The van der Waals surface area contributed by atoms with Gasteiger partial charge in [-0.25, -0.2) is 0 Å². The minimum atomic E-state index is 0.00958. The summed E-state index contributed by atoms with van der Waals surface area (Å²) in [5.74, 6) is 1.37. The maximum absolute atomic E-state index is 12.7. The van der Waals surface area contributed by atoms with Crippen LogP contribution in [0.5, 0.6) is 0 Å². The van der Waals surface area contributed by atoms with Crippen molar-refractivity contribution in [2.75, 3.05) is 26.2 Å². The molecule has 7 nitrogen and oxygen atoms in total. The van der Waals surface area contributed by atoms with E-state index in [1.165, 1.54) is 37.7 Å². The molecule has 1 N–H and O–H groups in total. The molecule has 2 aliphatic rings. The van der Waals surface area contributed by atoms with Crippen molar-refractivity contribution in [3.8, 4) is 11.4 Å². The van der Waals surface area contributed by atoms with Gasteiger partial charge in [-0.05, 0) is 49.6 Å². The molecule has 1 saturated heterocycles. The molecule has 1 amide bonds. The molecule has 7 heteroatoms. The number of ether oxygens (including phenoxy) is 1. The normalized spacial score (nSPS) is 20.1. The predicted octanol–water partition coefficient (Wildman–Crippen LogP) is 5.10. The van der Waals surface area contributed by atoms with Gasteiger partial charge in [-0.3, -0.25) is 9.69 Å². The Morgan fingerprint density at radius 2 is 1.89 bits per heavy atom. The molecule has 1 aliphatic carbocycles. The standard InChI is InChI=1S/C28H42N4O3/c1-28(2,3)23-14-12-21(13-15-23)26-30-25(35-31-26)20-32-17-7-9-22(19-32)27(33)29-16-8-18-34-24-10-5-4-6-11-24/h12-15,22,24H,4-11,16-20H2,1-3H3,(H,29,33). The van der Waals surface area contributed by atoms with E-state index in [9.17, 15) is 4.79 Å². The van der Waals surface area contributed by atoms with Crippen LogP contribution in [0.2, 0.25) is 0 Å². The van der Waals surface area contributed by atoms with E-state index in [0.29, 0.717) is 30.9 Å². The summed E-state index contributed by atoms with van der Waals surface area (Å²) in [4.78, 5) is 19.6. The van der Waals surface area contributed by atoms with Gasteiger partial charge >= 0.3 is 0 Å². The minimum Gasteiger partial charge on any atom is -0.378 e. The minimum absolute atomic E-state index is 0.00958. The van der Waals surface area contributed by atoms with Crippen LogP contribution in [-0.2, 0) is 21.5 Å². The van der Waals surface area contributed by atoms with Crippen LogP contribution in [0.1, 0.15) is 83.6 Å². The van der Waals surface area contributed by atoms with Crippen molar-refractivity contribution >= 4 is 5.91 Å². The van der Waals surface area contributed by atoms with Crippen LogP contribution in [0.4, 0.5) is 0 Å². The van der Waals surface area contributed by atoms with Gasteiger partial charge in [0.2, 0.25) is 17.6 Å². The van der Waals surface area contributed by atoms with E-state index < -0.39 is 0 Å². The van der Waals surface area contributed by atoms with Gasteiger partial charge in [0.05, 0.1) is 18.6 Å². The monoisotopic (exact) mass is 482 g/mol. The van der Waals surface area contributed by atoms with Crippen LogP contribution >= 0.6 is 0 Å². The molecule has 4 rings (SSSR count). The first-order valence-electron chi connectivity index (χ1n) is 13.4. The quantitative estimate of drug-likeness (QED) is 0.501. The molecule has 1 aromatic carbocycles. The number of carbonyl (C=O) groups excluding carboxylic acids is 1. The zero-order valence-corrected chi connectivity index (χ0v) is 21.7. The Balaban J connectivity index is 1.20. The van der Waals surface area contributed by atoms with Gasteiger partial charge in [-0.1, -0.05) is 69.5 Å². The number of aromatic nitrogens is 2. The molecule has 1 unspecified atom stereocenters. The van der Waals surface area contributed by atoms with Crippen LogP contribution in [-0.4, -0.2) is 53.3 Å². The summed E-state index contributed by atoms with van der Waals surface area (Å²) in [5, 5.41) is 7.30. The highest BCUT2D eigenvalue weighted by Crippen LogP contribution is 2.26. The number of nitrogens with one attached hydrogen (secondary N) is 1. The Bertz CT molecular complexity index is 928. The summed E-state index contributed by atoms with van der Waals surface area (Å²) in [6.45, 7) is 10.3. The van der Waals surface area contributed by atoms with Gasteiger partial charge in [-0.2, -0.15) is 4.98 Å². The first-order chi connectivity index (χ1) is 16.9. The van der Waals surface area contributed by atoms with Crippen LogP contribution < -0.4 is 5.32 Å². The lowest BCUT2D eigenvalue weighted by atomic mass is 9.87. The molecular weight excluding hydrogens is 440 g/mol. The Labute approximate surface area is 210 Å². The number of nitrogens with zero attached hydrogens (tertiary/aromatic N) is 3. The third-order valence-corrected chi connectivity index (χ3v) is 7.24. The number of piperidine rings is 1. The average molecular weight is 483 g/mol. The zero-order valence-electron chi connectivity index (χ0n) is 21.7. The molecule has 1 aliphatic heterocycles. The van der Waals surface area contributed by atoms with Crippen molar-refractivity contribution in [3.63, 3.8) is 0 Å². The van der Waals surface area contributed by atoms with Crippen molar-refractivity contribution in [3.05, 3.63) is 35.7 Å². The fourth-order valence-electron chi connectivity index (χ4n) is 5.07. The second kappa shape index (κ2) is 12.1. The Morgan fingerprint density at radius 1 is 1.11 bits per heavy atom. The van der Waals surface area contributed by atoms with Gasteiger partial charge in [0.1, 0.15) is 0 Å². The molecule has 1 saturated carbocycles. The Hall–Kier alpha value is -2.25. The summed E-state index contributed by atoms with van der Waals surface area (Å²) in [5.41, 5.74) is 2.34. The highest BCUT2D eigenvalue weighted by Gasteiger charge is 2.27. The predicted molar refractivity (Wildman–Crippen MR) is 137 cm³/mol. The van der Waals surface area contributed by atoms with E-state index in [1.54, 1.807) is 0 Å². The lowest BCUT2D eigenvalue weighted by Crippen LogP contribution is -2.43. The van der Waals surface area contributed by atoms with Gasteiger partial charge in [0.25, 0.3) is 0 Å². The fourth-order valence-corrected chi connectivity index (χ4v) is 5.07. The molecule has 2 fully saturated rings. The van der Waals surface area contributed by atoms with Crippen LogP contribution in [0.25, 0.3) is 11.4 Å². The molecule has 0 bridgehead atoms. The van der Waals surface area contributed by atoms with E-state index in [-0.39, 0.29) is 17.2 Å². The van der Waals surface area contributed by atoms with Crippen LogP contribution in [0.3, 0.4) is 0 Å². The summed E-state index contributed by atoms with van der Waals surface area (Å²) < 4.78 is 11.5. The average Bonchev–Trinajstić information content (AvgIpc) is 3.32. The van der Waals surface area contributed by atoms with Crippen molar-refractivity contribution < 1.29 is 14.1 Å². The van der Waals surface area contributed by atoms with E-state index in [4.69, 9.17) is 9.26 Å². The number of hydrogen-bond acceptors (Lipinski definition) is 6. The van der Waals surface area contributed by atoms with Crippen molar-refractivity contribution in [2.24, 2.45) is 5.92 Å². The number of likely N-dealkylation sites (tertiary alicyclic amines) is 1. The first kappa shape index (κ1) is 25.8. The van der Waals surface area contributed by atoms with Crippen LogP contribution in [0.15, 0.2) is 28.8 Å². The van der Waals surface area contributed by atoms with E-state index in [1.807, 2.05) is 0 Å². The topological polar surface area (TPSA) is 80.5 Å². The van der Waals surface area contributed by atoms with Crippen molar-refractivity contribution in [1.29, 1.82) is 0 Å². The maximum atomic E-state index is 12.7. The number of rotatable bonds is 9. The smallest absolute Gasteiger partial charge is 0.241 e. The second-order valence-electron chi connectivity index (χ2n) is 11.2. The first-order valence-corrected chi connectivity index (χ1v) is 13.4. The SMILES string of the molecule is CC(C)(C)c1ccc(-c2noc(CN3CCCC(C(=O)NCCCOC4CCCCC4)C3)n2)cc1. The van der Waals surface area contributed by atoms with Crippen molar-refractivity contribution in [1.82, 2.24) is 20.4 Å². The molecule has 0 spiro atoms. The van der Waals surface area contributed by atoms with Gasteiger partial charge < -0.3 is 14.6 Å². The zero-order chi connectivity index (χ0) is 24.7. The molecule has 0 radical (unpaired) electrons. The summed E-state index contributed by atoms with van der Waals surface area (Å²) in [6.07, 6.45) is 9.52. The molecular formula is C28H42N4O3. The summed E-state index contributed by atoms with van der Waals surface area (Å²) >= 11 is 0. The van der Waals surface area contributed by atoms with Gasteiger partial charge in [-0.15, -0.1) is 0 Å². The maximum Gasteiger partial charge on any atom is 0.241 e. The Kier molecular flexibility index (Phi) is 8.95. The Morgan fingerprint density at radius 3 is 2.63 bits per heavy atom. The lowest BCUT2D eigenvalue weighted by Gasteiger charge is -2.30. The van der Waals surface area contributed by atoms with E-state index >= 15 is 0 Å². The van der Waals surface area contributed by atoms with Gasteiger partial charge in [0, 0.05) is 25.3 Å². The molecule has 1 atom stereocenters. The third kappa shape index (κ3) is 7.61. The molecule has 35 heavy (non-hydrogen) atoms. The van der Waals surface area contributed by atoms with E-state index in [0.717, 1.165) is 44.5 Å². The lowest BCUT2D eigenvalue weighted by molar-refractivity contribution is -0.126. The molecule has 2 aromatic rings. The molecule has 2 heterocycles. The largest absolute Gasteiger partial charge is 0.378 e. The van der Waals surface area contributed by atoms with Crippen molar-refractivity contribution in [2.45, 2.75) is 90.2 Å². The molecule has 192 valence electrons. The fraction of sp³-hybridized carbons (Fsp3) is 0.679. The number of hydrogen-bond donors (Lipinski definition) is 1. The molecule has 1 aromatic heterocycles. The number of amides is 1. The summed E-state index contributed by atoms with van der Waals surface area (Å²) in [7, 11) is 0. The second-order valence-corrected chi connectivity index (χ2v) is 11.2. The highest BCUT2D eigenvalue weighted by molar-refractivity contribution is 5.78. The number of benzene rings is 1. The summed E-state index contributed by atoms with van der Waals surface area (Å²) in [6, 6.07) is 8.36. The van der Waals surface area contributed by atoms with E-state index in [2.05, 4.69) is 65.4 Å². The number of carbonyl (C=O) groups is 1. The highest BCUT2D eigenvalue weighted by atomic mass is 16.5. The third-order valence-electron chi connectivity index (χ3n) is 7.24. The van der Waals surface area contributed by atoms with Gasteiger partial charge in [0.15, 0.2) is 0 Å². The van der Waals surface area contributed by atoms with Crippen LogP contribution in [0, 0.1) is 5.92 Å².